The molecule has 1 aliphatic rings. The Morgan fingerprint density at radius 3 is 2.79 bits per heavy atom. The SMILES string of the molecule is CC(C)(CCCCNCC1(O)CCOC1)C(N)=NO. The van der Waals surface area contributed by atoms with Gasteiger partial charge in [0.15, 0.2) is 0 Å². The lowest BCUT2D eigenvalue weighted by molar-refractivity contribution is 0.0272. The highest BCUT2D eigenvalue weighted by Gasteiger charge is 2.31. The Morgan fingerprint density at radius 2 is 2.21 bits per heavy atom. The average Bonchev–Trinajstić information content (AvgIpc) is 2.79. The first-order valence-corrected chi connectivity index (χ1v) is 6.88. The van der Waals surface area contributed by atoms with Gasteiger partial charge in [-0.25, -0.2) is 0 Å². The summed E-state index contributed by atoms with van der Waals surface area (Å²) in [4.78, 5) is 0. The highest BCUT2D eigenvalue weighted by atomic mass is 16.5. The van der Waals surface area contributed by atoms with Gasteiger partial charge in [0, 0.05) is 25.0 Å². The summed E-state index contributed by atoms with van der Waals surface area (Å²) < 4.78 is 5.18. The molecule has 0 aromatic carbocycles. The third-order valence-corrected chi connectivity index (χ3v) is 3.74. The molecule has 0 saturated carbocycles. The summed E-state index contributed by atoms with van der Waals surface area (Å²) in [5.74, 6) is 0.276. The van der Waals surface area contributed by atoms with Crippen LogP contribution in [0.5, 0.6) is 0 Å². The van der Waals surface area contributed by atoms with Crippen molar-refractivity contribution >= 4 is 5.84 Å². The molecule has 6 heteroatoms. The number of aliphatic hydroxyl groups is 1. The number of unbranched alkanes of at least 4 members (excludes halogenated alkanes) is 1. The van der Waals surface area contributed by atoms with E-state index in [4.69, 9.17) is 15.7 Å². The minimum atomic E-state index is -0.687. The normalized spacial score (nSPS) is 24.9. The zero-order valence-corrected chi connectivity index (χ0v) is 12.0. The number of hydrogen-bond donors (Lipinski definition) is 4. The molecule has 112 valence electrons. The van der Waals surface area contributed by atoms with Crippen LogP contribution in [0, 0.1) is 5.41 Å². The van der Waals surface area contributed by atoms with Crippen LogP contribution in [0.3, 0.4) is 0 Å². The molecular weight excluding hydrogens is 246 g/mol. The summed E-state index contributed by atoms with van der Waals surface area (Å²) in [7, 11) is 0. The van der Waals surface area contributed by atoms with Crippen LogP contribution in [0.2, 0.25) is 0 Å². The van der Waals surface area contributed by atoms with Gasteiger partial charge in [-0.15, -0.1) is 0 Å². The van der Waals surface area contributed by atoms with E-state index in [0.717, 1.165) is 25.8 Å². The van der Waals surface area contributed by atoms with Crippen LogP contribution < -0.4 is 11.1 Å². The van der Waals surface area contributed by atoms with Crippen LogP contribution in [-0.4, -0.2) is 48.1 Å². The third kappa shape index (κ3) is 5.34. The number of nitrogens with one attached hydrogen (secondary N) is 1. The number of nitrogens with zero attached hydrogens (tertiary/aromatic N) is 1. The summed E-state index contributed by atoms with van der Waals surface area (Å²) in [5, 5.41) is 25.0. The molecule has 0 aromatic rings. The second kappa shape index (κ2) is 7.07. The van der Waals surface area contributed by atoms with Gasteiger partial charge in [-0.1, -0.05) is 25.4 Å². The van der Waals surface area contributed by atoms with Gasteiger partial charge in [0.05, 0.1) is 6.61 Å². The monoisotopic (exact) mass is 273 g/mol. The smallest absolute Gasteiger partial charge is 0.144 e. The fourth-order valence-corrected chi connectivity index (χ4v) is 2.14. The summed E-state index contributed by atoms with van der Waals surface area (Å²) >= 11 is 0. The van der Waals surface area contributed by atoms with Gasteiger partial charge in [-0.2, -0.15) is 0 Å². The van der Waals surface area contributed by atoms with Gasteiger partial charge in [0.1, 0.15) is 11.4 Å². The maximum absolute atomic E-state index is 10.0. The van der Waals surface area contributed by atoms with Crippen molar-refractivity contribution in [3.63, 3.8) is 0 Å². The Morgan fingerprint density at radius 1 is 1.47 bits per heavy atom. The largest absolute Gasteiger partial charge is 0.409 e. The maximum Gasteiger partial charge on any atom is 0.144 e. The highest BCUT2D eigenvalue weighted by molar-refractivity contribution is 5.85. The highest BCUT2D eigenvalue weighted by Crippen LogP contribution is 2.23. The summed E-state index contributed by atoms with van der Waals surface area (Å²) in [6.07, 6.45) is 3.57. The molecule has 1 aliphatic heterocycles. The average molecular weight is 273 g/mol. The van der Waals surface area contributed by atoms with E-state index in [1.54, 1.807) is 0 Å². The van der Waals surface area contributed by atoms with Crippen LogP contribution in [-0.2, 0) is 4.74 Å². The maximum atomic E-state index is 10.0. The van der Waals surface area contributed by atoms with Gasteiger partial charge in [0.2, 0.25) is 0 Å². The molecule has 1 fully saturated rings. The van der Waals surface area contributed by atoms with Crippen LogP contribution in [0.4, 0.5) is 0 Å². The molecule has 0 radical (unpaired) electrons. The Kier molecular flexibility index (Phi) is 6.03. The lowest BCUT2D eigenvalue weighted by Gasteiger charge is -2.23. The van der Waals surface area contributed by atoms with Crippen molar-refractivity contribution in [2.75, 3.05) is 26.3 Å². The van der Waals surface area contributed by atoms with Crippen molar-refractivity contribution in [3.8, 4) is 0 Å². The molecule has 1 heterocycles. The van der Waals surface area contributed by atoms with E-state index < -0.39 is 5.60 Å². The second-order valence-corrected chi connectivity index (χ2v) is 6.03. The van der Waals surface area contributed by atoms with E-state index in [0.29, 0.717) is 26.2 Å². The molecule has 0 aromatic heterocycles. The second-order valence-electron chi connectivity index (χ2n) is 6.03. The topological polar surface area (TPSA) is 100 Å². The minimum Gasteiger partial charge on any atom is -0.409 e. The molecule has 5 N–H and O–H groups in total. The molecule has 0 spiro atoms. The van der Waals surface area contributed by atoms with Crippen molar-refractivity contribution < 1.29 is 15.1 Å². The first-order valence-electron chi connectivity index (χ1n) is 6.88. The molecule has 0 aliphatic carbocycles. The first-order chi connectivity index (χ1) is 8.90. The number of amidine groups is 1. The molecule has 0 amide bonds. The molecule has 1 unspecified atom stereocenters. The van der Waals surface area contributed by atoms with E-state index in [1.165, 1.54) is 0 Å². The van der Waals surface area contributed by atoms with E-state index in [2.05, 4.69) is 10.5 Å². The number of oxime groups is 1. The molecule has 6 nitrogen and oxygen atoms in total. The Bertz CT molecular complexity index is 300. The van der Waals surface area contributed by atoms with Crippen molar-refractivity contribution in [2.24, 2.45) is 16.3 Å². The molecule has 0 bridgehead atoms. The summed E-state index contributed by atoms with van der Waals surface area (Å²) in [6.45, 7) is 6.44. The number of nitrogens with two attached hydrogens (primary N) is 1. The van der Waals surface area contributed by atoms with E-state index in [9.17, 15) is 5.11 Å². The first kappa shape index (κ1) is 16.2. The minimum absolute atomic E-state index is 0.272. The lowest BCUT2D eigenvalue weighted by atomic mass is 9.86. The summed E-state index contributed by atoms with van der Waals surface area (Å²) in [6, 6.07) is 0. The predicted molar refractivity (Wildman–Crippen MR) is 74.3 cm³/mol. The van der Waals surface area contributed by atoms with E-state index >= 15 is 0 Å². The number of ether oxygens (including phenoxy) is 1. The van der Waals surface area contributed by atoms with Gasteiger partial charge in [-0.05, 0) is 19.4 Å². The van der Waals surface area contributed by atoms with Crippen molar-refractivity contribution in [3.05, 3.63) is 0 Å². The Labute approximate surface area is 115 Å². The third-order valence-electron chi connectivity index (χ3n) is 3.74. The Hall–Kier alpha value is -0.850. The zero-order chi connectivity index (χ0) is 14.4. The van der Waals surface area contributed by atoms with E-state index in [1.807, 2.05) is 13.8 Å². The van der Waals surface area contributed by atoms with Crippen molar-refractivity contribution in [1.29, 1.82) is 0 Å². The van der Waals surface area contributed by atoms with Gasteiger partial charge in [0.25, 0.3) is 0 Å². The van der Waals surface area contributed by atoms with Crippen LogP contribution in [0.1, 0.15) is 39.5 Å². The summed E-state index contributed by atoms with van der Waals surface area (Å²) in [5.41, 5.74) is 4.67. The lowest BCUT2D eigenvalue weighted by Crippen LogP contribution is -2.41. The fourth-order valence-electron chi connectivity index (χ4n) is 2.14. The quantitative estimate of drug-likeness (QED) is 0.171. The molecule has 1 rings (SSSR count). The predicted octanol–water partition coefficient (Wildman–Crippen LogP) is 0.670. The number of hydrogen-bond acceptors (Lipinski definition) is 5. The fraction of sp³-hybridized carbons (Fsp3) is 0.923. The Balaban J connectivity index is 2.08. The van der Waals surface area contributed by atoms with Gasteiger partial charge >= 0.3 is 0 Å². The van der Waals surface area contributed by atoms with Crippen LogP contribution in [0.25, 0.3) is 0 Å². The van der Waals surface area contributed by atoms with E-state index in [-0.39, 0.29) is 11.3 Å². The molecule has 1 saturated heterocycles. The van der Waals surface area contributed by atoms with Crippen LogP contribution in [0.15, 0.2) is 5.16 Å². The molecule has 1 atom stereocenters. The number of rotatable bonds is 8. The molecular formula is C13H27N3O3. The van der Waals surface area contributed by atoms with Crippen molar-refractivity contribution in [2.45, 2.75) is 45.1 Å². The molecule has 19 heavy (non-hydrogen) atoms. The van der Waals surface area contributed by atoms with Gasteiger partial charge < -0.3 is 26.1 Å². The van der Waals surface area contributed by atoms with Crippen LogP contribution >= 0.6 is 0 Å². The zero-order valence-electron chi connectivity index (χ0n) is 12.0. The standard InChI is InChI=1S/C13H27N3O3/c1-12(2,11(14)16-18)5-3-4-7-15-9-13(17)6-8-19-10-13/h15,17-18H,3-10H2,1-2H3,(H2,14,16). The van der Waals surface area contributed by atoms with Crippen molar-refractivity contribution in [1.82, 2.24) is 5.32 Å². The van der Waals surface area contributed by atoms with Gasteiger partial charge in [-0.3, -0.25) is 0 Å².